The van der Waals surface area contributed by atoms with E-state index in [0.29, 0.717) is 0 Å². The highest BCUT2D eigenvalue weighted by atomic mass is 16.5. The Morgan fingerprint density at radius 1 is 1.33 bits per heavy atom. The number of hydrogen-bond acceptors (Lipinski definition) is 2. The summed E-state index contributed by atoms with van der Waals surface area (Å²) in [5, 5.41) is 2.93. The van der Waals surface area contributed by atoms with Gasteiger partial charge in [0.25, 0.3) is 0 Å². The summed E-state index contributed by atoms with van der Waals surface area (Å²) in [4.78, 5) is 13.7. The van der Waals surface area contributed by atoms with Gasteiger partial charge in [-0.1, -0.05) is 6.92 Å². The lowest BCUT2D eigenvalue weighted by molar-refractivity contribution is 0.0807. The van der Waals surface area contributed by atoms with E-state index in [0.717, 1.165) is 51.3 Å². The van der Waals surface area contributed by atoms with E-state index >= 15 is 0 Å². The molecule has 0 saturated carbocycles. The summed E-state index contributed by atoms with van der Waals surface area (Å²) >= 11 is 0. The van der Waals surface area contributed by atoms with Crippen molar-refractivity contribution in [3.63, 3.8) is 0 Å². The number of ether oxygens (including phenoxy) is 1. The molecule has 15 heavy (non-hydrogen) atoms. The fourth-order valence-electron chi connectivity index (χ4n) is 2.13. The van der Waals surface area contributed by atoms with Crippen LogP contribution in [0.5, 0.6) is 0 Å². The maximum atomic E-state index is 11.8. The molecule has 0 aromatic carbocycles. The molecule has 0 aliphatic carbocycles. The number of likely N-dealkylation sites (tertiary alicyclic amines) is 1. The summed E-state index contributed by atoms with van der Waals surface area (Å²) in [6.45, 7) is 4.80. The smallest absolute Gasteiger partial charge is 0.319 e. The van der Waals surface area contributed by atoms with Crippen LogP contribution in [0.1, 0.15) is 32.6 Å². The normalized spacial score (nSPS) is 28.1. The van der Waals surface area contributed by atoms with Gasteiger partial charge in [0.05, 0.1) is 0 Å². The molecule has 0 radical (unpaired) electrons. The van der Waals surface area contributed by atoms with Crippen molar-refractivity contribution in [3.8, 4) is 0 Å². The second kappa shape index (κ2) is 4.84. The van der Waals surface area contributed by atoms with E-state index < -0.39 is 0 Å². The van der Waals surface area contributed by atoms with Gasteiger partial charge in [0, 0.05) is 19.7 Å². The standard InChI is InChI=1S/C11H20N2O2/c1-9-4-6-13(7-5-9)11(14)12-10-3-2-8-15-10/h9-10H,2-8H2,1H3,(H,12,14). The SMILES string of the molecule is CC1CCN(C(=O)NC2CCCO2)CC1. The fraction of sp³-hybridized carbons (Fsp3) is 0.909. The zero-order chi connectivity index (χ0) is 10.7. The van der Waals surface area contributed by atoms with Gasteiger partial charge in [-0.25, -0.2) is 4.79 Å². The van der Waals surface area contributed by atoms with Crippen molar-refractivity contribution in [2.45, 2.75) is 38.8 Å². The molecule has 4 nitrogen and oxygen atoms in total. The van der Waals surface area contributed by atoms with Crippen LogP contribution in [0.3, 0.4) is 0 Å². The van der Waals surface area contributed by atoms with E-state index in [-0.39, 0.29) is 12.3 Å². The molecule has 2 aliphatic heterocycles. The van der Waals surface area contributed by atoms with Crippen LogP contribution in [-0.2, 0) is 4.74 Å². The summed E-state index contributed by atoms with van der Waals surface area (Å²) in [5.74, 6) is 0.761. The summed E-state index contributed by atoms with van der Waals surface area (Å²) in [7, 11) is 0. The molecular weight excluding hydrogens is 192 g/mol. The number of carbonyl (C=O) groups excluding carboxylic acids is 1. The zero-order valence-electron chi connectivity index (χ0n) is 9.37. The molecule has 1 atom stereocenters. The zero-order valence-corrected chi connectivity index (χ0v) is 9.37. The van der Waals surface area contributed by atoms with E-state index in [1.54, 1.807) is 0 Å². The average Bonchev–Trinajstić information content (AvgIpc) is 2.71. The minimum absolute atomic E-state index is 0.0446. The van der Waals surface area contributed by atoms with Crippen LogP contribution in [0.25, 0.3) is 0 Å². The summed E-state index contributed by atoms with van der Waals surface area (Å²) in [5.41, 5.74) is 0. The first-order valence-electron chi connectivity index (χ1n) is 5.93. The lowest BCUT2D eigenvalue weighted by Gasteiger charge is -2.31. The molecule has 0 aromatic heterocycles. The Morgan fingerprint density at radius 3 is 2.67 bits per heavy atom. The highest BCUT2D eigenvalue weighted by Crippen LogP contribution is 2.16. The van der Waals surface area contributed by atoms with Crippen molar-refractivity contribution in [1.82, 2.24) is 10.2 Å². The molecule has 2 rings (SSSR count). The van der Waals surface area contributed by atoms with Crippen molar-refractivity contribution in [2.24, 2.45) is 5.92 Å². The molecule has 2 aliphatic rings. The number of rotatable bonds is 1. The predicted molar refractivity (Wildman–Crippen MR) is 57.5 cm³/mol. The van der Waals surface area contributed by atoms with E-state index in [1.165, 1.54) is 0 Å². The van der Waals surface area contributed by atoms with Crippen LogP contribution in [0.4, 0.5) is 4.79 Å². The van der Waals surface area contributed by atoms with E-state index in [9.17, 15) is 4.79 Å². The monoisotopic (exact) mass is 212 g/mol. The van der Waals surface area contributed by atoms with Crippen LogP contribution in [0.2, 0.25) is 0 Å². The van der Waals surface area contributed by atoms with Gasteiger partial charge in [-0.05, 0) is 31.6 Å². The van der Waals surface area contributed by atoms with E-state index in [4.69, 9.17) is 4.74 Å². The minimum Gasteiger partial charge on any atom is -0.358 e. The Hall–Kier alpha value is -0.770. The first-order chi connectivity index (χ1) is 7.25. The third-order valence-electron chi connectivity index (χ3n) is 3.28. The van der Waals surface area contributed by atoms with E-state index in [2.05, 4.69) is 12.2 Å². The molecule has 2 saturated heterocycles. The molecule has 2 fully saturated rings. The number of urea groups is 1. The van der Waals surface area contributed by atoms with Gasteiger partial charge in [0.1, 0.15) is 6.23 Å². The Balaban J connectivity index is 1.75. The summed E-state index contributed by atoms with van der Waals surface area (Å²) in [6, 6.07) is 0.0498. The van der Waals surface area contributed by atoms with Gasteiger partial charge in [-0.15, -0.1) is 0 Å². The molecule has 1 N–H and O–H groups in total. The van der Waals surface area contributed by atoms with Gasteiger partial charge in [-0.2, -0.15) is 0 Å². The van der Waals surface area contributed by atoms with Gasteiger partial charge < -0.3 is 15.0 Å². The second-order valence-corrected chi connectivity index (χ2v) is 4.62. The number of piperidine rings is 1. The first kappa shape index (κ1) is 10.7. The van der Waals surface area contributed by atoms with Crippen LogP contribution < -0.4 is 5.32 Å². The molecule has 4 heteroatoms. The highest BCUT2D eigenvalue weighted by molar-refractivity contribution is 5.74. The predicted octanol–water partition coefficient (Wildman–Crippen LogP) is 1.56. The maximum Gasteiger partial charge on any atom is 0.319 e. The highest BCUT2D eigenvalue weighted by Gasteiger charge is 2.24. The van der Waals surface area contributed by atoms with Crippen molar-refractivity contribution in [3.05, 3.63) is 0 Å². The molecule has 0 bridgehead atoms. The maximum absolute atomic E-state index is 11.8. The summed E-state index contributed by atoms with van der Waals surface area (Å²) < 4.78 is 5.38. The topological polar surface area (TPSA) is 41.6 Å². The van der Waals surface area contributed by atoms with Gasteiger partial charge >= 0.3 is 6.03 Å². The van der Waals surface area contributed by atoms with Crippen molar-refractivity contribution >= 4 is 6.03 Å². The van der Waals surface area contributed by atoms with E-state index in [1.807, 2.05) is 4.90 Å². The number of amides is 2. The Labute approximate surface area is 91.0 Å². The number of nitrogens with zero attached hydrogens (tertiary/aromatic N) is 1. The lowest BCUT2D eigenvalue weighted by Crippen LogP contribution is -2.47. The average molecular weight is 212 g/mol. The van der Waals surface area contributed by atoms with Crippen molar-refractivity contribution in [1.29, 1.82) is 0 Å². The molecule has 2 heterocycles. The lowest BCUT2D eigenvalue weighted by atomic mass is 10.00. The van der Waals surface area contributed by atoms with Crippen LogP contribution >= 0.6 is 0 Å². The first-order valence-corrected chi connectivity index (χ1v) is 5.93. The molecule has 0 aromatic rings. The van der Waals surface area contributed by atoms with Gasteiger partial charge in [0.15, 0.2) is 0 Å². The quantitative estimate of drug-likeness (QED) is 0.716. The fourth-order valence-corrected chi connectivity index (χ4v) is 2.13. The Bertz CT molecular complexity index is 219. The van der Waals surface area contributed by atoms with Crippen LogP contribution in [-0.4, -0.2) is 36.9 Å². The second-order valence-electron chi connectivity index (χ2n) is 4.62. The van der Waals surface area contributed by atoms with Gasteiger partial charge in [0.2, 0.25) is 0 Å². The Morgan fingerprint density at radius 2 is 2.07 bits per heavy atom. The molecule has 0 spiro atoms. The largest absolute Gasteiger partial charge is 0.358 e. The molecular formula is C11H20N2O2. The number of nitrogens with one attached hydrogen (secondary N) is 1. The van der Waals surface area contributed by atoms with Crippen molar-refractivity contribution < 1.29 is 9.53 Å². The number of hydrogen-bond donors (Lipinski definition) is 1. The molecule has 1 unspecified atom stereocenters. The third-order valence-corrected chi connectivity index (χ3v) is 3.28. The molecule has 86 valence electrons. The Kier molecular flexibility index (Phi) is 3.46. The van der Waals surface area contributed by atoms with Crippen LogP contribution in [0, 0.1) is 5.92 Å². The third kappa shape index (κ3) is 2.84. The summed E-state index contributed by atoms with van der Waals surface area (Å²) in [6.07, 6.45) is 4.22. The minimum atomic E-state index is -0.0446. The van der Waals surface area contributed by atoms with Crippen molar-refractivity contribution in [2.75, 3.05) is 19.7 Å². The number of carbonyl (C=O) groups is 1. The van der Waals surface area contributed by atoms with Gasteiger partial charge in [-0.3, -0.25) is 0 Å². The van der Waals surface area contributed by atoms with Crippen LogP contribution in [0.15, 0.2) is 0 Å². The molecule has 2 amide bonds.